The Morgan fingerprint density at radius 1 is 1.11 bits per heavy atom. The molecule has 136 valence electrons. The third-order valence-electron chi connectivity index (χ3n) is 3.55. The lowest BCUT2D eigenvalue weighted by Gasteiger charge is -2.02. The van der Waals surface area contributed by atoms with E-state index >= 15 is 0 Å². The van der Waals surface area contributed by atoms with Crippen molar-refractivity contribution in [3.8, 4) is 28.8 Å². The van der Waals surface area contributed by atoms with Crippen molar-refractivity contribution in [3.05, 3.63) is 71.9 Å². The summed E-state index contributed by atoms with van der Waals surface area (Å²) in [5, 5.41) is 9.41. The summed E-state index contributed by atoms with van der Waals surface area (Å²) in [6, 6.07) is 14.1. The highest BCUT2D eigenvalue weighted by Crippen LogP contribution is 2.17. The van der Waals surface area contributed by atoms with Gasteiger partial charge in [-0.05, 0) is 18.2 Å². The Kier molecular flexibility index (Phi) is 5.80. The van der Waals surface area contributed by atoms with Crippen molar-refractivity contribution in [1.29, 1.82) is 0 Å². The highest BCUT2D eigenvalue weighted by Gasteiger charge is 2.09. The second-order valence-corrected chi connectivity index (χ2v) is 5.43. The van der Waals surface area contributed by atoms with Gasteiger partial charge in [-0.15, -0.1) is 0 Å². The summed E-state index contributed by atoms with van der Waals surface area (Å²) in [5.41, 5.74) is 1.89. The predicted octanol–water partition coefficient (Wildman–Crippen LogP) is 3.17. The number of H-pyrrole nitrogens is 1. The Morgan fingerprint density at radius 2 is 1.93 bits per heavy atom. The van der Waals surface area contributed by atoms with Gasteiger partial charge >= 0.3 is 0 Å². The Labute approximate surface area is 154 Å². The summed E-state index contributed by atoms with van der Waals surface area (Å²) >= 11 is 0. The van der Waals surface area contributed by atoms with Crippen LogP contribution in [0.15, 0.2) is 54.6 Å². The minimum Gasteiger partial charge on any atom is -0.478 e. The van der Waals surface area contributed by atoms with Crippen molar-refractivity contribution in [2.45, 2.75) is 0 Å². The lowest BCUT2D eigenvalue weighted by molar-refractivity contribution is 0.0953. The highest BCUT2D eigenvalue weighted by molar-refractivity contribution is 5.93. The molecule has 27 heavy (non-hydrogen) atoms. The minimum atomic E-state index is -0.793. The lowest BCUT2D eigenvalue weighted by Crippen LogP contribution is -2.24. The van der Waals surface area contributed by atoms with Gasteiger partial charge in [-0.2, -0.15) is 5.10 Å². The third kappa shape index (κ3) is 4.92. The van der Waals surface area contributed by atoms with E-state index in [-0.39, 0.29) is 24.8 Å². The number of hydrogen-bond acceptors (Lipinski definition) is 3. The Hall–Kier alpha value is -3.66. The zero-order valence-corrected chi connectivity index (χ0v) is 14.1. The molecule has 0 fully saturated rings. The summed E-state index contributed by atoms with van der Waals surface area (Å²) < 4.78 is 31.2. The smallest absolute Gasteiger partial charge is 0.270 e. The van der Waals surface area contributed by atoms with E-state index in [1.807, 2.05) is 30.3 Å². The largest absolute Gasteiger partial charge is 0.478 e. The van der Waals surface area contributed by atoms with Gasteiger partial charge in [0.2, 0.25) is 0 Å². The maximum atomic E-state index is 13.4. The number of aromatic amines is 1. The fourth-order valence-electron chi connectivity index (χ4n) is 2.23. The lowest BCUT2D eigenvalue weighted by atomic mass is 10.1. The zero-order chi connectivity index (χ0) is 19.1. The molecule has 0 saturated carbocycles. The van der Waals surface area contributed by atoms with Crippen LogP contribution in [0.1, 0.15) is 10.5 Å². The Bertz CT molecular complexity index is 991. The van der Waals surface area contributed by atoms with Crippen LogP contribution in [0.3, 0.4) is 0 Å². The van der Waals surface area contributed by atoms with Gasteiger partial charge in [0.1, 0.15) is 18.1 Å². The van der Waals surface area contributed by atoms with Crippen molar-refractivity contribution in [1.82, 2.24) is 15.5 Å². The molecule has 0 atom stereocenters. The van der Waals surface area contributed by atoms with E-state index in [2.05, 4.69) is 27.4 Å². The maximum absolute atomic E-state index is 13.4. The van der Waals surface area contributed by atoms with Crippen LogP contribution >= 0.6 is 0 Å². The quantitative estimate of drug-likeness (QED) is 0.681. The molecule has 7 heteroatoms. The molecule has 0 radical (unpaired) electrons. The molecule has 1 heterocycles. The minimum absolute atomic E-state index is 0.0827. The Morgan fingerprint density at radius 3 is 2.70 bits per heavy atom. The van der Waals surface area contributed by atoms with Crippen molar-refractivity contribution in [3.63, 3.8) is 0 Å². The first-order valence-electron chi connectivity index (χ1n) is 8.06. The van der Waals surface area contributed by atoms with Crippen LogP contribution in [0.25, 0.3) is 11.3 Å². The van der Waals surface area contributed by atoms with Gasteiger partial charge in [0.05, 0.1) is 12.2 Å². The van der Waals surface area contributed by atoms with E-state index in [4.69, 9.17) is 4.74 Å². The maximum Gasteiger partial charge on any atom is 0.270 e. The van der Waals surface area contributed by atoms with E-state index in [1.165, 1.54) is 6.07 Å². The molecule has 1 amide bonds. The molecule has 0 saturated heterocycles. The number of amides is 1. The first-order valence-corrected chi connectivity index (χ1v) is 8.06. The fraction of sp³-hybridized carbons (Fsp3) is 0.100. The molecule has 0 spiro atoms. The SMILES string of the molecule is O=C(NCC#CCOc1ccc(F)cc1F)c1cc(-c2ccccc2)n[nH]1. The molecule has 0 aliphatic rings. The number of halogens is 2. The van der Waals surface area contributed by atoms with Crippen LogP contribution in [0, 0.1) is 23.5 Å². The summed E-state index contributed by atoms with van der Waals surface area (Å²) in [6.45, 7) is 0.00835. The fourth-order valence-corrected chi connectivity index (χ4v) is 2.23. The van der Waals surface area contributed by atoms with Gasteiger partial charge < -0.3 is 10.1 Å². The van der Waals surface area contributed by atoms with Gasteiger partial charge in [-0.1, -0.05) is 42.2 Å². The van der Waals surface area contributed by atoms with E-state index in [9.17, 15) is 13.6 Å². The molecule has 5 nitrogen and oxygen atoms in total. The van der Waals surface area contributed by atoms with Crippen LogP contribution in [-0.4, -0.2) is 29.3 Å². The number of benzene rings is 2. The van der Waals surface area contributed by atoms with Gasteiger partial charge in [-0.3, -0.25) is 9.89 Å². The molecular weight excluding hydrogens is 352 g/mol. The van der Waals surface area contributed by atoms with Gasteiger partial charge in [0.15, 0.2) is 11.6 Å². The van der Waals surface area contributed by atoms with Crippen LogP contribution in [-0.2, 0) is 0 Å². The summed E-state index contributed by atoms with van der Waals surface area (Å²) in [6.07, 6.45) is 0. The third-order valence-corrected chi connectivity index (χ3v) is 3.55. The van der Waals surface area contributed by atoms with Gasteiger partial charge in [-0.25, -0.2) is 8.78 Å². The molecule has 0 bridgehead atoms. The number of nitrogens with zero attached hydrogens (tertiary/aromatic N) is 1. The molecule has 2 aromatic carbocycles. The van der Waals surface area contributed by atoms with Crippen molar-refractivity contribution < 1.29 is 18.3 Å². The molecule has 0 unspecified atom stereocenters. The number of carbonyl (C=O) groups is 1. The normalized spacial score (nSPS) is 10.0. The van der Waals surface area contributed by atoms with E-state index in [1.54, 1.807) is 6.07 Å². The van der Waals surface area contributed by atoms with Gasteiger partial charge in [0, 0.05) is 11.6 Å². The number of aromatic nitrogens is 2. The average Bonchev–Trinajstić information content (AvgIpc) is 3.17. The van der Waals surface area contributed by atoms with Crippen LogP contribution in [0.4, 0.5) is 8.78 Å². The highest BCUT2D eigenvalue weighted by atomic mass is 19.1. The van der Waals surface area contributed by atoms with Crippen molar-refractivity contribution in [2.75, 3.05) is 13.2 Å². The topological polar surface area (TPSA) is 67.0 Å². The van der Waals surface area contributed by atoms with E-state index in [0.717, 1.165) is 17.7 Å². The van der Waals surface area contributed by atoms with Crippen LogP contribution < -0.4 is 10.1 Å². The summed E-state index contributed by atoms with van der Waals surface area (Å²) in [5.74, 6) is 3.43. The first-order chi connectivity index (χ1) is 13.1. The van der Waals surface area contributed by atoms with Crippen molar-refractivity contribution in [2.24, 2.45) is 0 Å². The second kappa shape index (κ2) is 8.63. The molecule has 0 aliphatic heterocycles. The Balaban J connectivity index is 1.46. The average molecular weight is 367 g/mol. The monoisotopic (exact) mass is 367 g/mol. The molecule has 0 aliphatic carbocycles. The van der Waals surface area contributed by atoms with Crippen molar-refractivity contribution >= 4 is 5.91 Å². The number of ether oxygens (including phenoxy) is 1. The number of hydrogen-bond donors (Lipinski definition) is 2. The number of nitrogens with one attached hydrogen (secondary N) is 2. The molecule has 1 aromatic heterocycles. The summed E-state index contributed by atoms with van der Waals surface area (Å²) in [4.78, 5) is 12.1. The van der Waals surface area contributed by atoms with Crippen LogP contribution in [0.5, 0.6) is 5.75 Å². The molecule has 3 rings (SSSR count). The second-order valence-electron chi connectivity index (χ2n) is 5.43. The summed E-state index contributed by atoms with van der Waals surface area (Å²) in [7, 11) is 0. The molecule has 3 aromatic rings. The number of carbonyl (C=O) groups excluding carboxylic acids is 1. The standard InChI is InChI=1S/C20H15F2N3O2/c21-15-8-9-19(16(22)12-15)27-11-5-4-10-23-20(26)18-13-17(24-25-18)14-6-2-1-3-7-14/h1-3,6-9,12-13H,10-11H2,(H,23,26)(H,24,25). The van der Waals surface area contributed by atoms with E-state index < -0.39 is 11.6 Å². The predicted molar refractivity (Wildman–Crippen MR) is 96.0 cm³/mol. The first kappa shape index (κ1) is 18.1. The zero-order valence-electron chi connectivity index (χ0n) is 14.1. The van der Waals surface area contributed by atoms with Crippen LogP contribution in [0.2, 0.25) is 0 Å². The molecular formula is C20H15F2N3O2. The molecule has 2 N–H and O–H groups in total. The van der Waals surface area contributed by atoms with Gasteiger partial charge in [0.25, 0.3) is 5.91 Å². The van der Waals surface area contributed by atoms with E-state index in [0.29, 0.717) is 11.4 Å². The number of rotatable bonds is 5.